The third-order valence-electron chi connectivity index (χ3n) is 5.87. The van der Waals surface area contributed by atoms with Crippen molar-refractivity contribution in [3.8, 4) is 0 Å². The van der Waals surface area contributed by atoms with Crippen molar-refractivity contribution in [2.24, 2.45) is 0 Å². The third kappa shape index (κ3) is 5.65. The molecular weight excluding hydrogens is 372 g/mol. The second kappa shape index (κ2) is 8.94. The molecule has 160 valence electrons. The average Bonchev–Trinajstić information content (AvgIpc) is 2.93. The number of ether oxygens (including phenoxy) is 2. The van der Waals surface area contributed by atoms with E-state index in [0.717, 1.165) is 5.56 Å². The van der Waals surface area contributed by atoms with Gasteiger partial charge in [0.05, 0.1) is 6.10 Å². The number of aliphatic hydroxyl groups excluding tert-OH is 2. The molecule has 0 bridgehead atoms. The van der Waals surface area contributed by atoms with Crippen LogP contribution in [0.4, 0.5) is 0 Å². The van der Waals surface area contributed by atoms with Crippen molar-refractivity contribution in [2.75, 3.05) is 6.61 Å². The smallest absolute Gasteiger partial charge is 0.192 e. The maximum Gasteiger partial charge on any atom is 0.192 e. The summed E-state index contributed by atoms with van der Waals surface area (Å²) in [6.07, 6.45) is -1.03. The summed E-state index contributed by atoms with van der Waals surface area (Å²) in [4.78, 5) is 0. The standard InChI is InChI=1S/C22H38O5Si/c1-21(2,3)28(6,7)27-17(14-11-15-23)18(24)20-19(25-22(4,5)26-20)16-12-9-8-10-13-16/h8-10,12-13,17-20,23-24H,11,14-15H2,1-7H3/t17-,18-,19-,20+/m1/s1. The molecule has 0 aromatic heterocycles. The first-order valence-corrected chi connectivity index (χ1v) is 13.2. The summed E-state index contributed by atoms with van der Waals surface area (Å²) in [5, 5.41) is 20.7. The van der Waals surface area contributed by atoms with Crippen molar-refractivity contribution in [2.45, 2.75) is 95.8 Å². The normalized spacial score (nSPS) is 24.9. The van der Waals surface area contributed by atoms with E-state index in [4.69, 9.17) is 13.9 Å². The summed E-state index contributed by atoms with van der Waals surface area (Å²) in [6, 6.07) is 9.87. The average molecular weight is 411 g/mol. The molecule has 0 unspecified atom stereocenters. The molecule has 1 aromatic carbocycles. The van der Waals surface area contributed by atoms with Crippen LogP contribution in [-0.2, 0) is 13.9 Å². The summed E-state index contributed by atoms with van der Waals surface area (Å²) in [7, 11) is -2.11. The van der Waals surface area contributed by atoms with E-state index in [-0.39, 0.29) is 17.7 Å². The van der Waals surface area contributed by atoms with Crippen LogP contribution in [-0.4, -0.2) is 49.2 Å². The van der Waals surface area contributed by atoms with Gasteiger partial charge in [0.15, 0.2) is 14.1 Å². The highest BCUT2D eigenvalue weighted by Gasteiger charge is 2.49. The molecule has 1 aromatic rings. The first-order valence-electron chi connectivity index (χ1n) is 10.3. The zero-order valence-electron chi connectivity index (χ0n) is 18.4. The molecule has 1 fully saturated rings. The minimum absolute atomic E-state index is 0.0231. The van der Waals surface area contributed by atoms with Crippen LogP contribution in [0.1, 0.15) is 59.1 Å². The summed E-state index contributed by atoms with van der Waals surface area (Å²) in [6.45, 7) is 14.7. The van der Waals surface area contributed by atoms with Gasteiger partial charge < -0.3 is 24.1 Å². The molecule has 1 heterocycles. The van der Waals surface area contributed by atoms with Crippen molar-refractivity contribution in [3.63, 3.8) is 0 Å². The molecule has 0 amide bonds. The first kappa shape index (κ1) is 23.5. The Hall–Kier alpha value is -0.763. The summed E-state index contributed by atoms with van der Waals surface area (Å²) in [5.41, 5.74) is 0.977. The molecule has 0 aliphatic carbocycles. The van der Waals surface area contributed by atoms with Gasteiger partial charge in [-0.3, -0.25) is 0 Å². The number of rotatable bonds is 8. The van der Waals surface area contributed by atoms with Crippen molar-refractivity contribution in [1.29, 1.82) is 0 Å². The lowest BCUT2D eigenvalue weighted by Crippen LogP contribution is -2.50. The van der Waals surface area contributed by atoms with Crippen molar-refractivity contribution >= 4 is 8.32 Å². The number of hydrogen-bond donors (Lipinski definition) is 2. The van der Waals surface area contributed by atoms with E-state index >= 15 is 0 Å². The van der Waals surface area contributed by atoms with Crippen LogP contribution in [0.25, 0.3) is 0 Å². The molecule has 1 saturated heterocycles. The molecule has 2 rings (SSSR count). The second-order valence-corrected chi connectivity index (χ2v) is 14.5. The van der Waals surface area contributed by atoms with Crippen LogP contribution in [0.15, 0.2) is 30.3 Å². The van der Waals surface area contributed by atoms with Gasteiger partial charge in [0.1, 0.15) is 18.3 Å². The van der Waals surface area contributed by atoms with Crippen LogP contribution in [0.5, 0.6) is 0 Å². The summed E-state index contributed by atoms with van der Waals surface area (Å²) in [5.74, 6) is -0.787. The van der Waals surface area contributed by atoms with Gasteiger partial charge in [0.25, 0.3) is 0 Å². The Balaban J connectivity index is 2.28. The van der Waals surface area contributed by atoms with Gasteiger partial charge in [-0.15, -0.1) is 0 Å². The molecule has 6 heteroatoms. The molecule has 4 atom stereocenters. The molecular formula is C22H38O5Si. The predicted octanol–water partition coefficient (Wildman–Crippen LogP) is 4.40. The Morgan fingerprint density at radius 1 is 1.14 bits per heavy atom. The van der Waals surface area contributed by atoms with Crippen molar-refractivity contribution in [3.05, 3.63) is 35.9 Å². The lowest BCUT2D eigenvalue weighted by atomic mass is 9.95. The SMILES string of the molecule is CC1(C)O[C@@H]([C@H](O)[C@@H](CCCO)O[Si](C)(C)C(C)(C)C)[C@@H](c2ccccc2)O1. The van der Waals surface area contributed by atoms with E-state index in [1.807, 2.05) is 44.2 Å². The highest BCUT2D eigenvalue weighted by molar-refractivity contribution is 6.74. The van der Waals surface area contributed by atoms with Crippen molar-refractivity contribution in [1.82, 2.24) is 0 Å². The van der Waals surface area contributed by atoms with Gasteiger partial charge >= 0.3 is 0 Å². The summed E-state index contributed by atoms with van der Waals surface area (Å²) >= 11 is 0. The van der Waals surface area contributed by atoms with Gasteiger partial charge in [0, 0.05) is 6.61 Å². The quantitative estimate of drug-likeness (QED) is 0.622. The largest absolute Gasteiger partial charge is 0.411 e. The molecule has 5 nitrogen and oxygen atoms in total. The molecule has 28 heavy (non-hydrogen) atoms. The first-order chi connectivity index (χ1) is 12.9. The Morgan fingerprint density at radius 3 is 2.29 bits per heavy atom. The zero-order valence-corrected chi connectivity index (χ0v) is 19.4. The van der Waals surface area contributed by atoms with Crippen LogP contribution in [0.3, 0.4) is 0 Å². The molecule has 0 spiro atoms. The minimum Gasteiger partial charge on any atom is -0.411 e. The second-order valence-electron chi connectivity index (χ2n) is 9.70. The number of hydrogen-bond acceptors (Lipinski definition) is 5. The fraction of sp³-hybridized carbons (Fsp3) is 0.727. The zero-order chi connectivity index (χ0) is 21.2. The van der Waals surface area contributed by atoms with Crippen LogP contribution in [0.2, 0.25) is 18.1 Å². The van der Waals surface area contributed by atoms with Crippen molar-refractivity contribution < 1.29 is 24.1 Å². The van der Waals surface area contributed by atoms with Gasteiger partial charge in [-0.25, -0.2) is 0 Å². The highest BCUT2D eigenvalue weighted by atomic mass is 28.4. The van der Waals surface area contributed by atoms with Crippen LogP contribution in [0, 0.1) is 0 Å². The topological polar surface area (TPSA) is 68.2 Å². The molecule has 2 N–H and O–H groups in total. The molecule has 1 aliphatic heterocycles. The molecule has 0 saturated carbocycles. The van der Waals surface area contributed by atoms with E-state index in [2.05, 4.69) is 33.9 Å². The molecule has 1 aliphatic rings. The fourth-order valence-electron chi connectivity index (χ4n) is 3.30. The Morgan fingerprint density at radius 2 is 1.75 bits per heavy atom. The van der Waals surface area contributed by atoms with Gasteiger partial charge in [-0.2, -0.15) is 0 Å². The highest BCUT2D eigenvalue weighted by Crippen LogP contribution is 2.43. The van der Waals surface area contributed by atoms with Crippen LogP contribution >= 0.6 is 0 Å². The Kier molecular flexibility index (Phi) is 7.51. The fourth-order valence-corrected chi connectivity index (χ4v) is 4.67. The van der Waals surface area contributed by atoms with Gasteiger partial charge in [-0.1, -0.05) is 51.1 Å². The maximum absolute atomic E-state index is 11.3. The summed E-state index contributed by atoms with van der Waals surface area (Å²) < 4.78 is 18.9. The number of aliphatic hydroxyl groups is 2. The lowest BCUT2D eigenvalue weighted by Gasteiger charge is -2.41. The lowest BCUT2D eigenvalue weighted by molar-refractivity contribution is -0.162. The Labute approximate surface area is 171 Å². The van der Waals surface area contributed by atoms with E-state index in [0.29, 0.717) is 12.8 Å². The van der Waals surface area contributed by atoms with E-state index in [1.165, 1.54) is 0 Å². The van der Waals surface area contributed by atoms with Crippen LogP contribution < -0.4 is 0 Å². The minimum atomic E-state index is -2.11. The third-order valence-corrected chi connectivity index (χ3v) is 10.4. The van der Waals surface area contributed by atoms with E-state index in [9.17, 15) is 10.2 Å². The number of benzene rings is 1. The van der Waals surface area contributed by atoms with E-state index in [1.54, 1.807) is 0 Å². The Bertz CT molecular complexity index is 611. The molecule has 0 radical (unpaired) electrons. The predicted molar refractivity (Wildman–Crippen MR) is 114 cm³/mol. The van der Waals surface area contributed by atoms with E-state index < -0.39 is 32.4 Å². The maximum atomic E-state index is 11.3. The van der Waals surface area contributed by atoms with Gasteiger partial charge in [0.2, 0.25) is 0 Å². The van der Waals surface area contributed by atoms with Gasteiger partial charge in [-0.05, 0) is 50.4 Å². The monoisotopic (exact) mass is 410 g/mol.